The van der Waals surface area contributed by atoms with E-state index in [4.69, 9.17) is 23.2 Å². The van der Waals surface area contributed by atoms with E-state index in [0.717, 1.165) is 17.3 Å². The molecule has 0 spiro atoms. The molecule has 0 amide bonds. The summed E-state index contributed by atoms with van der Waals surface area (Å²) < 4.78 is 0. The zero-order valence-corrected chi connectivity index (χ0v) is 10.7. The molecule has 0 aliphatic heterocycles. The molecule has 1 rings (SSSR count). The third-order valence-corrected chi connectivity index (χ3v) is 3.17. The number of alkyl halides is 2. The monoisotopic (exact) mass is 247 g/mol. The van der Waals surface area contributed by atoms with Crippen molar-refractivity contribution in [3.63, 3.8) is 0 Å². The van der Waals surface area contributed by atoms with Crippen molar-refractivity contribution in [3.8, 4) is 0 Å². The molecule has 0 aliphatic carbocycles. The zero-order chi connectivity index (χ0) is 11.5. The average Bonchev–Trinajstić information content (AvgIpc) is 2.16. The molecular weight excluding hydrogens is 233 g/mol. The third kappa shape index (κ3) is 3.50. The standard InChI is InChI=1S/C10H15Cl2N3/c1-7-4-9(14-8(2)13-7)15-10(3,5-11)6-12/h4H,5-6H2,1-3H3,(H,13,14,15). The minimum absolute atomic E-state index is 0.337. The van der Waals surface area contributed by atoms with Gasteiger partial charge in [-0.15, -0.1) is 23.2 Å². The molecule has 0 aliphatic rings. The first-order valence-electron chi connectivity index (χ1n) is 4.71. The van der Waals surface area contributed by atoms with Gasteiger partial charge in [0.05, 0.1) is 5.54 Å². The number of nitrogens with zero attached hydrogens (tertiary/aromatic N) is 2. The molecule has 1 heterocycles. The Balaban J connectivity index is 2.88. The maximum absolute atomic E-state index is 5.85. The van der Waals surface area contributed by atoms with Gasteiger partial charge in [-0.05, 0) is 20.8 Å². The molecule has 0 radical (unpaired) electrons. The molecule has 1 N–H and O–H groups in total. The second-order valence-corrected chi connectivity index (χ2v) is 4.43. The number of aromatic nitrogens is 2. The summed E-state index contributed by atoms with van der Waals surface area (Å²) in [6, 6.07) is 1.88. The fourth-order valence-corrected chi connectivity index (χ4v) is 1.61. The van der Waals surface area contributed by atoms with Gasteiger partial charge in [0, 0.05) is 23.5 Å². The van der Waals surface area contributed by atoms with Crippen molar-refractivity contribution in [2.75, 3.05) is 17.1 Å². The fraction of sp³-hybridized carbons (Fsp3) is 0.600. The topological polar surface area (TPSA) is 37.8 Å². The maximum atomic E-state index is 5.85. The Labute approximate surface area is 100 Å². The van der Waals surface area contributed by atoms with Crippen LogP contribution in [0.15, 0.2) is 6.07 Å². The minimum Gasteiger partial charge on any atom is -0.362 e. The maximum Gasteiger partial charge on any atom is 0.130 e. The van der Waals surface area contributed by atoms with Crippen molar-refractivity contribution in [2.24, 2.45) is 0 Å². The summed E-state index contributed by atoms with van der Waals surface area (Å²) in [5.41, 5.74) is 0.590. The van der Waals surface area contributed by atoms with E-state index < -0.39 is 0 Å². The first kappa shape index (κ1) is 12.5. The summed E-state index contributed by atoms with van der Waals surface area (Å²) in [6.07, 6.45) is 0. The highest BCUT2D eigenvalue weighted by Crippen LogP contribution is 2.17. The normalized spacial score (nSPS) is 11.5. The van der Waals surface area contributed by atoms with Gasteiger partial charge < -0.3 is 5.32 Å². The SMILES string of the molecule is Cc1cc(NC(C)(CCl)CCl)nc(C)n1. The average molecular weight is 248 g/mol. The Hall–Kier alpha value is -0.540. The lowest BCUT2D eigenvalue weighted by Gasteiger charge is -2.26. The number of aryl methyl sites for hydroxylation is 2. The predicted octanol–water partition coefficient (Wildman–Crippen LogP) is 2.74. The van der Waals surface area contributed by atoms with Crippen molar-refractivity contribution >= 4 is 29.0 Å². The van der Waals surface area contributed by atoms with Gasteiger partial charge in [-0.1, -0.05) is 0 Å². The fourth-order valence-electron chi connectivity index (χ4n) is 1.19. The predicted molar refractivity (Wildman–Crippen MR) is 65.0 cm³/mol. The number of hydrogen-bond donors (Lipinski definition) is 1. The Morgan fingerprint density at radius 2 is 1.87 bits per heavy atom. The highest BCUT2D eigenvalue weighted by atomic mass is 35.5. The lowest BCUT2D eigenvalue weighted by atomic mass is 10.1. The first-order chi connectivity index (χ1) is 6.99. The zero-order valence-electron chi connectivity index (χ0n) is 9.14. The summed E-state index contributed by atoms with van der Waals surface area (Å²) in [4.78, 5) is 8.47. The van der Waals surface area contributed by atoms with Crippen molar-refractivity contribution in [2.45, 2.75) is 26.3 Å². The van der Waals surface area contributed by atoms with Crippen LogP contribution in [0.3, 0.4) is 0 Å². The number of nitrogens with one attached hydrogen (secondary N) is 1. The molecule has 1 aromatic heterocycles. The van der Waals surface area contributed by atoms with E-state index >= 15 is 0 Å². The Bertz CT molecular complexity index is 317. The summed E-state index contributed by atoms with van der Waals surface area (Å²) in [5.74, 6) is 2.37. The van der Waals surface area contributed by atoms with Gasteiger partial charge in [-0.25, -0.2) is 9.97 Å². The highest BCUT2D eigenvalue weighted by molar-refractivity contribution is 6.22. The van der Waals surface area contributed by atoms with Crippen LogP contribution in [0.2, 0.25) is 0 Å². The number of halogens is 2. The van der Waals surface area contributed by atoms with Crippen molar-refractivity contribution in [1.82, 2.24) is 9.97 Å². The largest absolute Gasteiger partial charge is 0.362 e. The van der Waals surface area contributed by atoms with Gasteiger partial charge in [0.15, 0.2) is 0 Å². The van der Waals surface area contributed by atoms with Crippen LogP contribution < -0.4 is 5.32 Å². The summed E-state index contributed by atoms with van der Waals surface area (Å²) in [5, 5.41) is 3.22. The van der Waals surface area contributed by atoms with Gasteiger partial charge >= 0.3 is 0 Å². The van der Waals surface area contributed by atoms with Crippen molar-refractivity contribution < 1.29 is 0 Å². The Morgan fingerprint density at radius 1 is 1.27 bits per heavy atom. The molecule has 3 nitrogen and oxygen atoms in total. The van der Waals surface area contributed by atoms with Crippen LogP contribution in [0.1, 0.15) is 18.4 Å². The van der Waals surface area contributed by atoms with E-state index in [0.29, 0.717) is 11.8 Å². The lowest BCUT2D eigenvalue weighted by Crippen LogP contribution is -2.39. The van der Waals surface area contributed by atoms with Crippen LogP contribution in [0.25, 0.3) is 0 Å². The summed E-state index contributed by atoms with van der Waals surface area (Å²) in [7, 11) is 0. The van der Waals surface area contributed by atoms with Gasteiger partial charge in [-0.3, -0.25) is 0 Å². The van der Waals surface area contributed by atoms with Crippen LogP contribution >= 0.6 is 23.2 Å². The molecule has 0 aromatic carbocycles. The smallest absolute Gasteiger partial charge is 0.130 e. The van der Waals surface area contributed by atoms with E-state index in [1.807, 2.05) is 26.8 Å². The summed E-state index contributed by atoms with van der Waals surface area (Å²) >= 11 is 11.7. The van der Waals surface area contributed by atoms with Crippen LogP contribution in [-0.2, 0) is 0 Å². The number of hydrogen-bond acceptors (Lipinski definition) is 3. The van der Waals surface area contributed by atoms with E-state index in [-0.39, 0.29) is 5.54 Å². The lowest BCUT2D eigenvalue weighted by molar-refractivity contribution is 0.644. The van der Waals surface area contributed by atoms with Gasteiger partial charge in [0.25, 0.3) is 0 Å². The molecular formula is C10H15Cl2N3. The Morgan fingerprint density at radius 3 is 2.33 bits per heavy atom. The summed E-state index contributed by atoms with van der Waals surface area (Å²) in [6.45, 7) is 5.75. The van der Waals surface area contributed by atoms with Crippen LogP contribution in [-0.4, -0.2) is 27.3 Å². The molecule has 0 saturated carbocycles. The Kier molecular flexibility index (Phi) is 4.17. The van der Waals surface area contributed by atoms with E-state index in [2.05, 4.69) is 15.3 Å². The second-order valence-electron chi connectivity index (χ2n) is 3.89. The molecule has 1 aromatic rings. The van der Waals surface area contributed by atoms with Gasteiger partial charge in [0.1, 0.15) is 11.6 Å². The van der Waals surface area contributed by atoms with Crippen LogP contribution in [0, 0.1) is 13.8 Å². The molecule has 15 heavy (non-hydrogen) atoms. The van der Waals surface area contributed by atoms with Crippen molar-refractivity contribution in [1.29, 1.82) is 0 Å². The van der Waals surface area contributed by atoms with E-state index in [9.17, 15) is 0 Å². The molecule has 0 atom stereocenters. The molecule has 0 unspecified atom stereocenters. The van der Waals surface area contributed by atoms with Crippen LogP contribution in [0.4, 0.5) is 5.82 Å². The molecule has 0 fully saturated rings. The van der Waals surface area contributed by atoms with Crippen molar-refractivity contribution in [3.05, 3.63) is 17.6 Å². The number of rotatable bonds is 4. The highest BCUT2D eigenvalue weighted by Gasteiger charge is 2.22. The molecule has 84 valence electrons. The van der Waals surface area contributed by atoms with Gasteiger partial charge in [0.2, 0.25) is 0 Å². The van der Waals surface area contributed by atoms with E-state index in [1.165, 1.54) is 0 Å². The minimum atomic E-state index is -0.337. The van der Waals surface area contributed by atoms with Crippen LogP contribution in [0.5, 0.6) is 0 Å². The van der Waals surface area contributed by atoms with Gasteiger partial charge in [-0.2, -0.15) is 0 Å². The third-order valence-electron chi connectivity index (χ3n) is 1.99. The molecule has 0 bridgehead atoms. The molecule has 5 heteroatoms. The second kappa shape index (κ2) is 4.99. The van der Waals surface area contributed by atoms with E-state index in [1.54, 1.807) is 0 Å². The first-order valence-corrected chi connectivity index (χ1v) is 5.78. The number of anilines is 1. The molecule has 0 saturated heterocycles. The quantitative estimate of drug-likeness (QED) is 0.832.